The highest BCUT2D eigenvalue weighted by Crippen LogP contribution is 2.21. The Hall–Kier alpha value is -3.53. The fourth-order valence-corrected chi connectivity index (χ4v) is 3.24. The molecule has 0 saturated heterocycles. The summed E-state index contributed by atoms with van der Waals surface area (Å²) in [5.74, 6) is -0.731. The van der Waals surface area contributed by atoms with Gasteiger partial charge in [-0.25, -0.2) is 0 Å². The van der Waals surface area contributed by atoms with Crippen molar-refractivity contribution in [3.63, 3.8) is 0 Å². The van der Waals surface area contributed by atoms with Gasteiger partial charge in [-0.1, -0.05) is 84.4 Å². The number of carbonyl (C=O) groups excluding carboxylic acids is 1. The van der Waals surface area contributed by atoms with Crippen LogP contribution in [0.1, 0.15) is 16.7 Å². The van der Waals surface area contributed by atoms with E-state index < -0.39 is 11.9 Å². The Labute approximate surface area is 163 Å². The van der Waals surface area contributed by atoms with E-state index in [0.29, 0.717) is 12.1 Å². The lowest BCUT2D eigenvalue weighted by molar-refractivity contribution is -0.119. The van der Waals surface area contributed by atoms with Gasteiger partial charge in [0.25, 0.3) is 5.91 Å². The maximum Gasteiger partial charge on any atom is 0.274 e. The van der Waals surface area contributed by atoms with Crippen LogP contribution in [0, 0.1) is 6.92 Å². The predicted octanol–water partition coefficient (Wildman–Crippen LogP) is 4.56. The summed E-state index contributed by atoms with van der Waals surface area (Å²) >= 11 is 0. The van der Waals surface area contributed by atoms with E-state index in [9.17, 15) is 9.90 Å². The molecule has 3 aromatic rings. The third-order valence-electron chi connectivity index (χ3n) is 4.81. The summed E-state index contributed by atoms with van der Waals surface area (Å²) in [6.45, 7) is 1.99. The molecule has 1 aliphatic heterocycles. The van der Waals surface area contributed by atoms with Crippen LogP contribution in [-0.2, 0) is 11.2 Å². The number of amides is 1. The number of benzene rings is 3. The van der Waals surface area contributed by atoms with Gasteiger partial charge in [0.2, 0.25) is 5.90 Å². The molecule has 138 valence electrons. The Kier molecular flexibility index (Phi) is 4.85. The molecule has 1 N–H and O–H groups in total. The van der Waals surface area contributed by atoms with Gasteiger partial charge in [-0.15, -0.1) is 0 Å². The van der Waals surface area contributed by atoms with Crippen LogP contribution >= 0.6 is 0 Å². The van der Waals surface area contributed by atoms with Gasteiger partial charge in [0, 0.05) is 12.0 Å². The van der Waals surface area contributed by atoms with Crippen molar-refractivity contribution in [3.05, 3.63) is 95.6 Å². The summed E-state index contributed by atoms with van der Waals surface area (Å²) in [5, 5.41) is 10.1. The molecule has 0 spiro atoms. The predicted molar refractivity (Wildman–Crippen MR) is 112 cm³/mol. The summed E-state index contributed by atoms with van der Waals surface area (Å²) in [6, 6.07) is 25.3. The molecule has 4 nitrogen and oxygen atoms in total. The molecule has 0 aliphatic carbocycles. The van der Waals surface area contributed by atoms with Gasteiger partial charge in [0.1, 0.15) is 11.8 Å². The third kappa shape index (κ3) is 3.76. The first-order valence-corrected chi connectivity index (χ1v) is 9.21. The standard InChI is InChI=1S/C24H20N2O2/c1-16-7-11-20(12-8-16)22-24(28)26-23(27)21(25-22)15-17-9-13-19(14-10-17)18-5-3-2-4-6-18/h2-14,21H,15H2,1H3,(H,26,27,28). The van der Waals surface area contributed by atoms with Gasteiger partial charge in [-0.3, -0.25) is 9.79 Å². The van der Waals surface area contributed by atoms with Crippen molar-refractivity contribution in [1.29, 1.82) is 0 Å². The normalized spacial score (nSPS) is 16.5. The van der Waals surface area contributed by atoms with Gasteiger partial charge in [0.05, 0.1) is 0 Å². The first kappa shape index (κ1) is 17.9. The molecule has 0 radical (unpaired) electrons. The number of aliphatic hydroxyl groups is 1. The zero-order chi connectivity index (χ0) is 19.5. The summed E-state index contributed by atoms with van der Waals surface area (Å²) in [7, 11) is 0. The summed E-state index contributed by atoms with van der Waals surface area (Å²) in [5.41, 5.74) is 5.51. The Morgan fingerprint density at radius 3 is 2.11 bits per heavy atom. The average molecular weight is 368 g/mol. The molecule has 0 saturated carbocycles. The molecule has 28 heavy (non-hydrogen) atoms. The third-order valence-corrected chi connectivity index (χ3v) is 4.81. The minimum Gasteiger partial charge on any atom is -0.492 e. The van der Waals surface area contributed by atoms with Gasteiger partial charge in [0.15, 0.2) is 0 Å². The van der Waals surface area contributed by atoms with E-state index in [2.05, 4.69) is 22.1 Å². The molecule has 4 heteroatoms. The van der Waals surface area contributed by atoms with E-state index in [-0.39, 0.29) is 5.90 Å². The topological polar surface area (TPSA) is 62.0 Å². The molecule has 0 aromatic heterocycles. The van der Waals surface area contributed by atoms with Crippen molar-refractivity contribution in [1.82, 2.24) is 0 Å². The summed E-state index contributed by atoms with van der Waals surface area (Å²) in [6.07, 6.45) is 0.444. The molecular formula is C24H20N2O2. The molecule has 1 aliphatic rings. The van der Waals surface area contributed by atoms with E-state index in [1.165, 1.54) is 0 Å². The molecular weight excluding hydrogens is 348 g/mol. The monoisotopic (exact) mass is 368 g/mol. The second-order valence-electron chi connectivity index (χ2n) is 6.90. The van der Waals surface area contributed by atoms with E-state index in [1.807, 2.05) is 73.7 Å². The smallest absolute Gasteiger partial charge is 0.274 e. The zero-order valence-corrected chi connectivity index (χ0v) is 15.5. The SMILES string of the molecule is Cc1ccc(C2=NC(Cc3ccc(-c4ccccc4)cc3)C(=O)N=C2O)cc1. The lowest BCUT2D eigenvalue weighted by Gasteiger charge is -2.17. The largest absolute Gasteiger partial charge is 0.492 e. The molecule has 0 fully saturated rings. The highest BCUT2D eigenvalue weighted by Gasteiger charge is 2.26. The number of aryl methyl sites for hydroxylation is 1. The number of aliphatic imine (C=N–C) groups is 2. The fourth-order valence-electron chi connectivity index (χ4n) is 3.24. The molecule has 3 aromatic carbocycles. The van der Waals surface area contributed by atoms with E-state index in [0.717, 1.165) is 27.8 Å². The van der Waals surface area contributed by atoms with Crippen LogP contribution in [0.4, 0.5) is 0 Å². The van der Waals surface area contributed by atoms with Crippen molar-refractivity contribution >= 4 is 17.5 Å². The summed E-state index contributed by atoms with van der Waals surface area (Å²) in [4.78, 5) is 20.6. The molecule has 1 atom stereocenters. The van der Waals surface area contributed by atoms with Crippen molar-refractivity contribution in [3.8, 4) is 11.1 Å². The second-order valence-corrected chi connectivity index (χ2v) is 6.90. The molecule has 0 bridgehead atoms. The number of carbonyl (C=O) groups is 1. The van der Waals surface area contributed by atoms with E-state index in [4.69, 9.17) is 0 Å². The maximum atomic E-state index is 12.3. The summed E-state index contributed by atoms with van der Waals surface area (Å²) < 4.78 is 0. The molecule has 1 amide bonds. The van der Waals surface area contributed by atoms with Gasteiger partial charge < -0.3 is 5.11 Å². The first-order chi connectivity index (χ1) is 13.6. The second kappa shape index (κ2) is 7.61. The van der Waals surface area contributed by atoms with E-state index >= 15 is 0 Å². The first-order valence-electron chi connectivity index (χ1n) is 9.21. The number of hydrogen-bond acceptors (Lipinski definition) is 2. The highest BCUT2D eigenvalue weighted by atomic mass is 16.3. The lowest BCUT2D eigenvalue weighted by Crippen LogP contribution is -2.31. The van der Waals surface area contributed by atoms with E-state index in [1.54, 1.807) is 0 Å². The van der Waals surface area contributed by atoms with Crippen molar-refractivity contribution in [2.75, 3.05) is 0 Å². The van der Waals surface area contributed by atoms with Gasteiger partial charge in [-0.2, -0.15) is 4.99 Å². The maximum absolute atomic E-state index is 12.3. The Balaban J connectivity index is 1.56. The Morgan fingerprint density at radius 1 is 0.821 bits per heavy atom. The molecule has 4 rings (SSSR count). The quantitative estimate of drug-likeness (QED) is 0.734. The number of rotatable bonds is 4. The molecule has 1 unspecified atom stereocenters. The Bertz CT molecular complexity index is 1050. The fraction of sp³-hybridized carbons (Fsp3) is 0.125. The molecule has 1 heterocycles. The zero-order valence-electron chi connectivity index (χ0n) is 15.5. The van der Waals surface area contributed by atoms with Crippen LogP contribution in [0.3, 0.4) is 0 Å². The van der Waals surface area contributed by atoms with Crippen LogP contribution in [0.25, 0.3) is 11.1 Å². The van der Waals surface area contributed by atoms with Crippen LogP contribution in [0.5, 0.6) is 0 Å². The average Bonchev–Trinajstić information content (AvgIpc) is 2.72. The van der Waals surface area contributed by atoms with Crippen molar-refractivity contribution < 1.29 is 9.90 Å². The number of aliphatic hydroxyl groups excluding tert-OH is 1. The highest BCUT2D eigenvalue weighted by molar-refractivity contribution is 6.47. The van der Waals surface area contributed by atoms with Crippen LogP contribution in [0.15, 0.2) is 88.8 Å². The minimum atomic E-state index is -0.630. The van der Waals surface area contributed by atoms with Crippen LogP contribution < -0.4 is 0 Å². The lowest BCUT2D eigenvalue weighted by atomic mass is 9.99. The minimum absolute atomic E-state index is 0.315. The van der Waals surface area contributed by atoms with Gasteiger partial charge in [-0.05, 0) is 23.6 Å². The number of hydrogen-bond donors (Lipinski definition) is 1. The number of nitrogens with zero attached hydrogens (tertiary/aromatic N) is 2. The van der Waals surface area contributed by atoms with Gasteiger partial charge >= 0.3 is 0 Å². The van der Waals surface area contributed by atoms with Crippen molar-refractivity contribution in [2.45, 2.75) is 19.4 Å². The Morgan fingerprint density at radius 2 is 1.43 bits per heavy atom. The van der Waals surface area contributed by atoms with Crippen LogP contribution in [0.2, 0.25) is 0 Å². The van der Waals surface area contributed by atoms with Crippen LogP contribution in [-0.4, -0.2) is 28.7 Å². The van der Waals surface area contributed by atoms with Crippen molar-refractivity contribution in [2.24, 2.45) is 9.98 Å².